The van der Waals surface area contributed by atoms with Crippen LogP contribution in [0.1, 0.15) is 18.0 Å². The Hall–Kier alpha value is -0.910. The summed E-state index contributed by atoms with van der Waals surface area (Å²) in [6, 6.07) is 1.38. The van der Waals surface area contributed by atoms with Gasteiger partial charge in [0.25, 0.3) is 0 Å². The zero-order chi connectivity index (χ0) is 14.2. The third-order valence-corrected chi connectivity index (χ3v) is 3.95. The Morgan fingerprint density at radius 2 is 2.16 bits per heavy atom. The Bertz CT molecular complexity index is 484. The summed E-state index contributed by atoms with van der Waals surface area (Å²) in [4.78, 5) is 2.06. The number of halogens is 3. The zero-order valence-corrected chi connectivity index (χ0v) is 11.7. The van der Waals surface area contributed by atoms with Crippen molar-refractivity contribution in [1.29, 1.82) is 0 Å². The maximum absolute atomic E-state index is 13.9. The highest BCUT2D eigenvalue weighted by Crippen LogP contribution is 2.41. The first-order valence-corrected chi connectivity index (χ1v) is 6.49. The van der Waals surface area contributed by atoms with Gasteiger partial charge in [0.2, 0.25) is 5.82 Å². The lowest BCUT2D eigenvalue weighted by atomic mass is 9.98. The summed E-state index contributed by atoms with van der Waals surface area (Å²) in [7, 11) is 3.25. The van der Waals surface area contributed by atoms with Gasteiger partial charge in [-0.2, -0.15) is 4.39 Å². The molecule has 2 rings (SSSR count). The molecule has 0 amide bonds. The van der Waals surface area contributed by atoms with Gasteiger partial charge in [-0.05, 0) is 32.0 Å². The lowest BCUT2D eigenvalue weighted by Crippen LogP contribution is -2.21. The first kappa shape index (κ1) is 14.5. The largest absolute Gasteiger partial charge is 0.493 e. The van der Waals surface area contributed by atoms with Crippen LogP contribution in [0.3, 0.4) is 0 Å². The Morgan fingerprint density at radius 1 is 1.47 bits per heavy atom. The van der Waals surface area contributed by atoms with Crippen molar-refractivity contribution in [3.05, 3.63) is 28.3 Å². The lowest BCUT2D eigenvalue weighted by molar-refractivity contribution is 0.296. The lowest BCUT2D eigenvalue weighted by Gasteiger charge is -2.22. The molecule has 0 aromatic heterocycles. The molecule has 19 heavy (non-hydrogen) atoms. The second-order valence-electron chi connectivity index (χ2n) is 4.90. The topological polar surface area (TPSA) is 38.5 Å². The molecule has 3 nitrogen and oxygen atoms in total. The second kappa shape index (κ2) is 5.61. The minimum atomic E-state index is -1.07. The molecule has 2 N–H and O–H groups in total. The van der Waals surface area contributed by atoms with Crippen LogP contribution in [0.2, 0.25) is 5.02 Å². The average Bonchev–Trinajstić information content (AvgIpc) is 2.77. The van der Waals surface area contributed by atoms with Crippen LogP contribution in [0.25, 0.3) is 0 Å². The molecule has 1 aliphatic rings. The molecule has 1 fully saturated rings. The highest BCUT2D eigenvalue weighted by atomic mass is 35.5. The molecule has 0 radical (unpaired) electrons. The van der Waals surface area contributed by atoms with Gasteiger partial charge >= 0.3 is 0 Å². The van der Waals surface area contributed by atoms with Crippen LogP contribution in [0.4, 0.5) is 8.78 Å². The number of rotatable bonds is 3. The number of benzene rings is 1. The molecule has 0 spiro atoms. The molecule has 1 aromatic rings. The van der Waals surface area contributed by atoms with E-state index in [-0.39, 0.29) is 16.8 Å². The van der Waals surface area contributed by atoms with E-state index in [0.717, 1.165) is 13.0 Å². The predicted octanol–water partition coefficient (Wildman–Crippen LogP) is 2.58. The van der Waals surface area contributed by atoms with Crippen LogP contribution in [0, 0.1) is 17.6 Å². The molecule has 0 bridgehead atoms. The van der Waals surface area contributed by atoms with Crippen molar-refractivity contribution in [2.75, 3.05) is 27.2 Å². The molecule has 1 aromatic carbocycles. The van der Waals surface area contributed by atoms with Gasteiger partial charge in [0.1, 0.15) is 0 Å². The molecule has 0 aliphatic carbocycles. The standard InChI is InChI=1S/C13H17ClF2N2O/c1-18-6-7(5-17)3-10(18)8-4-9(14)11(15)12(16)13(8)19-2/h4,7,10H,3,5-6,17H2,1-2H3. The van der Waals surface area contributed by atoms with Crippen molar-refractivity contribution >= 4 is 11.6 Å². The summed E-state index contributed by atoms with van der Waals surface area (Å²) in [5.74, 6) is -1.84. The van der Waals surface area contributed by atoms with Crippen LogP contribution in [0.5, 0.6) is 5.75 Å². The van der Waals surface area contributed by atoms with E-state index in [0.29, 0.717) is 18.0 Å². The van der Waals surface area contributed by atoms with E-state index in [4.69, 9.17) is 22.1 Å². The smallest absolute Gasteiger partial charge is 0.202 e. The highest BCUT2D eigenvalue weighted by Gasteiger charge is 2.33. The molecular formula is C13H17ClF2N2O. The van der Waals surface area contributed by atoms with Crippen LogP contribution in [-0.2, 0) is 0 Å². The molecule has 106 valence electrons. The highest BCUT2D eigenvalue weighted by molar-refractivity contribution is 6.30. The number of nitrogens with two attached hydrogens (primary N) is 1. The normalized spacial score (nSPS) is 23.9. The van der Waals surface area contributed by atoms with E-state index >= 15 is 0 Å². The number of nitrogens with zero attached hydrogens (tertiary/aromatic N) is 1. The van der Waals surface area contributed by atoms with Crippen molar-refractivity contribution in [2.24, 2.45) is 11.7 Å². The molecule has 6 heteroatoms. The Morgan fingerprint density at radius 3 is 2.68 bits per heavy atom. The van der Waals surface area contributed by atoms with Gasteiger partial charge in [-0.3, -0.25) is 4.90 Å². The van der Waals surface area contributed by atoms with Gasteiger partial charge < -0.3 is 10.5 Å². The third kappa shape index (κ3) is 2.55. The van der Waals surface area contributed by atoms with E-state index in [1.807, 2.05) is 7.05 Å². The zero-order valence-electron chi connectivity index (χ0n) is 10.9. The summed E-state index contributed by atoms with van der Waals surface area (Å²) in [6.07, 6.45) is 0.783. The second-order valence-corrected chi connectivity index (χ2v) is 5.31. The summed E-state index contributed by atoms with van der Waals surface area (Å²) < 4.78 is 32.3. The Kier molecular flexibility index (Phi) is 4.28. The fraction of sp³-hybridized carbons (Fsp3) is 0.538. The fourth-order valence-corrected chi connectivity index (χ4v) is 2.89. The van der Waals surface area contributed by atoms with E-state index < -0.39 is 11.6 Å². The molecule has 1 aliphatic heterocycles. The van der Waals surface area contributed by atoms with Gasteiger partial charge in [0.15, 0.2) is 11.6 Å². The van der Waals surface area contributed by atoms with E-state index in [2.05, 4.69) is 4.90 Å². The van der Waals surface area contributed by atoms with Crippen LogP contribution in [0.15, 0.2) is 6.07 Å². The monoisotopic (exact) mass is 290 g/mol. The van der Waals surface area contributed by atoms with Gasteiger partial charge in [0.05, 0.1) is 12.1 Å². The number of methoxy groups -OCH3 is 1. The average molecular weight is 291 g/mol. The maximum atomic E-state index is 13.9. The van der Waals surface area contributed by atoms with Crippen molar-refractivity contribution in [2.45, 2.75) is 12.5 Å². The van der Waals surface area contributed by atoms with Crippen molar-refractivity contribution in [3.63, 3.8) is 0 Å². The molecule has 1 saturated heterocycles. The number of ether oxygens (including phenoxy) is 1. The van der Waals surface area contributed by atoms with Crippen molar-refractivity contribution in [3.8, 4) is 5.75 Å². The van der Waals surface area contributed by atoms with Gasteiger partial charge in [-0.1, -0.05) is 11.6 Å². The number of hydrogen-bond donors (Lipinski definition) is 1. The van der Waals surface area contributed by atoms with Crippen LogP contribution in [-0.4, -0.2) is 32.1 Å². The molecular weight excluding hydrogens is 274 g/mol. The Balaban J connectivity index is 2.45. The first-order chi connectivity index (χ1) is 8.99. The van der Waals surface area contributed by atoms with Gasteiger partial charge in [0, 0.05) is 18.2 Å². The van der Waals surface area contributed by atoms with Crippen molar-refractivity contribution in [1.82, 2.24) is 4.90 Å². The summed E-state index contributed by atoms with van der Waals surface area (Å²) in [5.41, 5.74) is 6.25. The summed E-state index contributed by atoms with van der Waals surface area (Å²) in [5, 5.41) is -0.224. The number of likely N-dealkylation sites (tertiary alicyclic amines) is 1. The minimum Gasteiger partial charge on any atom is -0.493 e. The third-order valence-electron chi connectivity index (χ3n) is 3.68. The maximum Gasteiger partial charge on any atom is 0.202 e. The molecule has 1 heterocycles. The molecule has 2 unspecified atom stereocenters. The van der Waals surface area contributed by atoms with E-state index in [1.54, 1.807) is 0 Å². The SMILES string of the molecule is COc1c(C2CC(CN)CN2C)cc(Cl)c(F)c1F. The van der Waals surface area contributed by atoms with E-state index in [1.165, 1.54) is 13.2 Å². The van der Waals surface area contributed by atoms with E-state index in [9.17, 15) is 8.78 Å². The number of hydrogen-bond acceptors (Lipinski definition) is 3. The van der Waals surface area contributed by atoms with Gasteiger partial charge in [-0.25, -0.2) is 4.39 Å². The minimum absolute atomic E-state index is 0.0592. The molecule has 2 atom stereocenters. The Labute approximate surface area is 116 Å². The van der Waals surface area contributed by atoms with Crippen LogP contribution < -0.4 is 10.5 Å². The van der Waals surface area contributed by atoms with Gasteiger partial charge in [-0.15, -0.1) is 0 Å². The predicted molar refractivity (Wildman–Crippen MR) is 70.5 cm³/mol. The summed E-state index contributed by atoms with van der Waals surface area (Å²) >= 11 is 5.73. The van der Waals surface area contributed by atoms with Crippen molar-refractivity contribution < 1.29 is 13.5 Å². The molecule has 0 saturated carbocycles. The first-order valence-electron chi connectivity index (χ1n) is 6.11. The van der Waals surface area contributed by atoms with Crippen LogP contribution >= 0.6 is 11.6 Å². The quantitative estimate of drug-likeness (QED) is 0.870. The summed E-state index contributed by atoms with van der Waals surface area (Å²) in [6.45, 7) is 1.39. The fourth-order valence-electron chi connectivity index (χ4n) is 2.69.